The minimum absolute atomic E-state index is 0.171. The highest BCUT2D eigenvalue weighted by molar-refractivity contribution is 6.08. The first-order chi connectivity index (χ1) is 12.2. The molecule has 4 rings (SSSR count). The number of aromatic nitrogens is 2. The number of fused-ring (bicyclic) bond motifs is 2. The Hall–Kier alpha value is -2.02. The van der Waals surface area contributed by atoms with Crippen LogP contribution in [0.4, 0.5) is 5.95 Å². The Bertz CT molecular complexity index is 679. The first-order valence-electron chi connectivity index (χ1n) is 9.11. The van der Waals surface area contributed by atoms with E-state index in [0.29, 0.717) is 19.1 Å². The third kappa shape index (κ3) is 2.52. The second kappa shape index (κ2) is 6.37. The van der Waals surface area contributed by atoms with E-state index >= 15 is 0 Å². The summed E-state index contributed by atoms with van der Waals surface area (Å²) >= 11 is 0. The van der Waals surface area contributed by atoms with Gasteiger partial charge in [-0.2, -0.15) is 0 Å². The first kappa shape index (κ1) is 16.4. The minimum Gasteiger partial charge on any atom is -0.383 e. The number of anilines is 1. The molecule has 0 N–H and O–H groups in total. The molecule has 2 fully saturated rings. The van der Waals surface area contributed by atoms with Gasteiger partial charge in [-0.3, -0.25) is 14.7 Å². The molecule has 0 aromatic carbocycles. The number of ether oxygens (including phenoxy) is 1. The molecule has 0 unspecified atom stereocenters. The van der Waals surface area contributed by atoms with Crippen molar-refractivity contribution in [2.75, 3.05) is 38.3 Å². The summed E-state index contributed by atoms with van der Waals surface area (Å²) in [5, 5.41) is 0. The SMILES string of the molecule is CCC1=N[C@@]2(CC[C@@H]3CN(c4ncccn4)C[C@@H]32)C(=O)N1CCOC. The summed E-state index contributed by atoms with van der Waals surface area (Å²) < 4.78 is 5.18. The first-order valence-corrected chi connectivity index (χ1v) is 9.11. The Labute approximate surface area is 148 Å². The molecular formula is C18H25N5O2. The van der Waals surface area contributed by atoms with E-state index in [1.165, 1.54) is 0 Å². The molecule has 7 heteroatoms. The summed E-state index contributed by atoms with van der Waals surface area (Å²) in [6, 6.07) is 1.83. The fourth-order valence-electron chi connectivity index (χ4n) is 4.69. The molecule has 2 aliphatic heterocycles. The van der Waals surface area contributed by atoms with Gasteiger partial charge in [0.2, 0.25) is 5.95 Å². The smallest absolute Gasteiger partial charge is 0.256 e. The summed E-state index contributed by atoms with van der Waals surface area (Å²) in [5.41, 5.74) is -0.576. The van der Waals surface area contributed by atoms with Crippen molar-refractivity contribution in [2.24, 2.45) is 16.8 Å². The van der Waals surface area contributed by atoms with Crippen LogP contribution in [0.15, 0.2) is 23.5 Å². The maximum absolute atomic E-state index is 13.3. The van der Waals surface area contributed by atoms with Gasteiger partial charge in [-0.15, -0.1) is 0 Å². The van der Waals surface area contributed by atoms with Gasteiger partial charge in [-0.05, 0) is 24.8 Å². The molecule has 1 saturated heterocycles. The van der Waals surface area contributed by atoms with Crippen LogP contribution in [-0.4, -0.2) is 65.5 Å². The Morgan fingerprint density at radius 3 is 2.84 bits per heavy atom. The molecule has 0 radical (unpaired) electrons. The number of carbonyl (C=O) groups is 1. The van der Waals surface area contributed by atoms with Gasteiger partial charge in [0.15, 0.2) is 0 Å². The van der Waals surface area contributed by atoms with Gasteiger partial charge < -0.3 is 9.64 Å². The molecule has 1 aromatic heterocycles. The molecule has 1 aromatic rings. The molecule has 0 bridgehead atoms. The predicted octanol–water partition coefficient (Wildman–Crippen LogP) is 1.36. The monoisotopic (exact) mass is 343 g/mol. The lowest BCUT2D eigenvalue weighted by molar-refractivity contribution is -0.132. The number of aliphatic imine (C=N–C) groups is 1. The topological polar surface area (TPSA) is 70.9 Å². The van der Waals surface area contributed by atoms with Crippen LogP contribution in [0.3, 0.4) is 0 Å². The highest BCUT2D eigenvalue weighted by Gasteiger charge is 2.61. The quantitative estimate of drug-likeness (QED) is 0.807. The van der Waals surface area contributed by atoms with Crippen molar-refractivity contribution in [3.05, 3.63) is 18.5 Å². The van der Waals surface area contributed by atoms with Crippen LogP contribution in [0, 0.1) is 11.8 Å². The number of nitrogens with zero attached hydrogens (tertiary/aromatic N) is 5. The van der Waals surface area contributed by atoms with E-state index in [2.05, 4.69) is 21.8 Å². The van der Waals surface area contributed by atoms with Crippen molar-refractivity contribution >= 4 is 17.7 Å². The summed E-state index contributed by atoms with van der Waals surface area (Å²) in [5.74, 6) is 2.57. The van der Waals surface area contributed by atoms with E-state index in [-0.39, 0.29) is 11.8 Å². The van der Waals surface area contributed by atoms with Crippen molar-refractivity contribution in [2.45, 2.75) is 31.7 Å². The van der Waals surface area contributed by atoms with E-state index in [1.54, 1.807) is 19.5 Å². The Kier molecular flexibility index (Phi) is 4.19. The lowest BCUT2D eigenvalue weighted by Crippen LogP contribution is -2.47. The zero-order valence-electron chi connectivity index (χ0n) is 14.9. The van der Waals surface area contributed by atoms with Crippen LogP contribution in [0.5, 0.6) is 0 Å². The van der Waals surface area contributed by atoms with Crippen LogP contribution >= 0.6 is 0 Å². The molecule has 1 amide bonds. The largest absolute Gasteiger partial charge is 0.383 e. The van der Waals surface area contributed by atoms with Gasteiger partial charge in [0, 0.05) is 44.9 Å². The van der Waals surface area contributed by atoms with Crippen molar-refractivity contribution in [1.82, 2.24) is 14.9 Å². The number of carbonyl (C=O) groups excluding carboxylic acids is 1. The normalized spacial score (nSPS) is 31.1. The van der Waals surface area contributed by atoms with Gasteiger partial charge >= 0.3 is 0 Å². The number of amidine groups is 1. The average molecular weight is 343 g/mol. The maximum atomic E-state index is 13.3. The van der Waals surface area contributed by atoms with Crippen LogP contribution < -0.4 is 4.90 Å². The number of amides is 1. The van der Waals surface area contributed by atoms with Crippen molar-refractivity contribution in [1.29, 1.82) is 0 Å². The van der Waals surface area contributed by atoms with E-state index < -0.39 is 5.54 Å². The zero-order valence-corrected chi connectivity index (χ0v) is 14.9. The van der Waals surface area contributed by atoms with Crippen molar-refractivity contribution < 1.29 is 9.53 Å². The van der Waals surface area contributed by atoms with Crippen LogP contribution in [-0.2, 0) is 9.53 Å². The molecule has 3 heterocycles. The van der Waals surface area contributed by atoms with Gasteiger partial charge in [-0.1, -0.05) is 6.92 Å². The molecule has 25 heavy (non-hydrogen) atoms. The summed E-state index contributed by atoms with van der Waals surface area (Å²) in [6.45, 7) is 4.92. The minimum atomic E-state index is -0.576. The van der Waals surface area contributed by atoms with E-state index in [1.807, 2.05) is 11.0 Å². The van der Waals surface area contributed by atoms with E-state index in [4.69, 9.17) is 9.73 Å². The third-order valence-corrected chi connectivity index (χ3v) is 5.88. The lowest BCUT2D eigenvalue weighted by atomic mass is 9.85. The second-order valence-electron chi connectivity index (χ2n) is 7.11. The van der Waals surface area contributed by atoms with Gasteiger partial charge in [0.25, 0.3) is 5.91 Å². The van der Waals surface area contributed by atoms with Gasteiger partial charge in [0.05, 0.1) is 13.2 Å². The molecule has 134 valence electrons. The molecule has 3 aliphatic rings. The number of hydrogen-bond donors (Lipinski definition) is 0. The number of methoxy groups -OCH3 is 1. The van der Waals surface area contributed by atoms with Gasteiger partial charge in [0.1, 0.15) is 11.4 Å². The molecule has 1 spiro atoms. The number of rotatable bonds is 5. The summed E-state index contributed by atoms with van der Waals surface area (Å²) in [7, 11) is 1.67. The standard InChI is InChI=1S/C18H25N5O2/c1-3-15-21-18(16(24)23(15)9-10-25-2)6-5-13-11-22(12-14(13)18)17-19-7-4-8-20-17/h4,7-8,13-14H,3,5-6,9-12H2,1-2H3/t13-,14+,18-/m1/s1. The van der Waals surface area contributed by atoms with E-state index in [0.717, 1.165) is 44.1 Å². The lowest BCUT2D eigenvalue weighted by Gasteiger charge is -2.28. The highest BCUT2D eigenvalue weighted by Crippen LogP contribution is 2.50. The average Bonchev–Trinajstić information content (AvgIpc) is 3.29. The number of hydrogen-bond acceptors (Lipinski definition) is 6. The Morgan fingerprint density at radius 1 is 1.32 bits per heavy atom. The molecule has 1 aliphatic carbocycles. The zero-order chi connectivity index (χ0) is 17.4. The van der Waals surface area contributed by atoms with Crippen LogP contribution in [0.25, 0.3) is 0 Å². The predicted molar refractivity (Wildman–Crippen MR) is 94.5 cm³/mol. The fraction of sp³-hybridized carbons (Fsp3) is 0.667. The summed E-state index contributed by atoms with van der Waals surface area (Å²) in [4.78, 5) is 31.1. The highest BCUT2D eigenvalue weighted by atomic mass is 16.5. The van der Waals surface area contributed by atoms with Crippen molar-refractivity contribution in [3.63, 3.8) is 0 Å². The molecular weight excluding hydrogens is 318 g/mol. The van der Waals surface area contributed by atoms with Crippen LogP contribution in [0.1, 0.15) is 26.2 Å². The van der Waals surface area contributed by atoms with Gasteiger partial charge in [-0.25, -0.2) is 9.97 Å². The molecule has 1 saturated carbocycles. The van der Waals surface area contributed by atoms with Crippen LogP contribution in [0.2, 0.25) is 0 Å². The maximum Gasteiger partial charge on any atom is 0.256 e. The van der Waals surface area contributed by atoms with E-state index in [9.17, 15) is 4.79 Å². The Morgan fingerprint density at radius 2 is 2.12 bits per heavy atom. The third-order valence-electron chi connectivity index (χ3n) is 5.88. The fourth-order valence-corrected chi connectivity index (χ4v) is 4.69. The summed E-state index contributed by atoms with van der Waals surface area (Å²) in [6.07, 6.45) is 6.22. The van der Waals surface area contributed by atoms with Crippen molar-refractivity contribution in [3.8, 4) is 0 Å². The Balaban J connectivity index is 1.59. The second-order valence-corrected chi connectivity index (χ2v) is 7.11. The molecule has 3 atom stereocenters. The molecule has 7 nitrogen and oxygen atoms in total.